The lowest BCUT2D eigenvalue weighted by Crippen LogP contribution is -2.33. The first-order valence-electron chi connectivity index (χ1n) is 9.42. The third kappa shape index (κ3) is 3.51. The highest BCUT2D eigenvalue weighted by atomic mass is 16.5. The number of fused-ring (bicyclic) bond motifs is 3. The standard InChI is InChI=1S/C22H23N3O4/c1-13(26)25-9-8-19-17(12-25)16-10-14(4-6-18(16)23-19)22(27)24-20-7-5-15(28-2)11-21(20)29-3/h4-7,10-11,23H,8-9,12H2,1-3H3,(H,24,27). The van der Waals surface area contributed by atoms with Crippen LogP contribution in [-0.4, -0.2) is 42.5 Å². The minimum absolute atomic E-state index is 0.0606. The van der Waals surface area contributed by atoms with Crippen molar-refractivity contribution in [3.8, 4) is 11.5 Å². The molecule has 1 aliphatic heterocycles. The summed E-state index contributed by atoms with van der Waals surface area (Å²) in [5.41, 5.74) is 4.29. The Kier molecular flexibility index (Phi) is 4.88. The van der Waals surface area contributed by atoms with Gasteiger partial charge in [-0.05, 0) is 30.3 Å². The van der Waals surface area contributed by atoms with Crippen LogP contribution in [0.2, 0.25) is 0 Å². The number of hydrogen-bond acceptors (Lipinski definition) is 4. The molecule has 29 heavy (non-hydrogen) atoms. The van der Waals surface area contributed by atoms with Crippen LogP contribution < -0.4 is 14.8 Å². The molecule has 0 aliphatic carbocycles. The van der Waals surface area contributed by atoms with E-state index in [0.29, 0.717) is 35.8 Å². The second-order valence-electron chi connectivity index (χ2n) is 7.05. The number of aromatic amines is 1. The number of ether oxygens (including phenoxy) is 2. The molecule has 0 unspecified atom stereocenters. The molecule has 7 nitrogen and oxygen atoms in total. The van der Waals surface area contributed by atoms with E-state index in [0.717, 1.165) is 28.6 Å². The number of carbonyl (C=O) groups excluding carboxylic acids is 2. The summed E-state index contributed by atoms with van der Waals surface area (Å²) in [6, 6.07) is 10.8. The van der Waals surface area contributed by atoms with Crippen molar-refractivity contribution in [3.05, 3.63) is 53.2 Å². The van der Waals surface area contributed by atoms with E-state index in [1.54, 1.807) is 45.4 Å². The maximum Gasteiger partial charge on any atom is 0.255 e. The number of nitrogens with one attached hydrogen (secondary N) is 2. The van der Waals surface area contributed by atoms with Crippen LogP contribution in [0.5, 0.6) is 11.5 Å². The fraction of sp³-hybridized carbons (Fsp3) is 0.273. The number of rotatable bonds is 4. The summed E-state index contributed by atoms with van der Waals surface area (Å²) >= 11 is 0. The number of amides is 2. The van der Waals surface area contributed by atoms with Crippen LogP contribution in [-0.2, 0) is 17.8 Å². The number of benzene rings is 2. The molecule has 2 heterocycles. The molecular formula is C22H23N3O4. The second kappa shape index (κ2) is 7.50. The lowest BCUT2D eigenvalue weighted by molar-refractivity contribution is -0.129. The summed E-state index contributed by atoms with van der Waals surface area (Å²) in [5.74, 6) is 1.00. The largest absolute Gasteiger partial charge is 0.497 e. The lowest BCUT2D eigenvalue weighted by Gasteiger charge is -2.26. The fourth-order valence-corrected chi connectivity index (χ4v) is 3.72. The molecule has 7 heteroatoms. The lowest BCUT2D eigenvalue weighted by atomic mass is 10.0. The van der Waals surface area contributed by atoms with E-state index in [9.17, 15) is 9.59 Å². The van der Waals surface area contributed by atoms with E-state index in [1.807, 2.05) is 17.0 Å². The summed E-state index contributed by atoms with van der Waals surface area (Å²) in [5, 5.41) is 3.87. The quantitative estimate of drug-likeness (QED) is 0.712. The van der Waals surface area contributed by atoms with Crippen molar-refractivity contribution in [2.24, 2.45) is 0 Å². The maximum absolute atomic E-state index is 12.9. The first kappa shape index (κ1) is 18.9. The Hall–Kier alpha value is -3.48. The highest BCUT2D eigenvalue weighted by molar-refractivity contribution is 6.07. The van der Waals surface area contributed by atoms with E-state index >= 15 is 0 Å². The van der Waals surface area contributed by atoms with Gasteiger partial charge in [0.25, 0.3) is 5.91 Å². The molecule has 2 aromatic carbocycles. The number of aromatic nitrogens is 1. The number of anilines is 1. The Bertz CT molecular complexity index is 1100. The number of carbonyl (C=O) groups is 2. The highest BCUT2D eigenvalue weighted by Gasteiger charge is 2.23. The smallest absolute Gasteiger partial charge is 0.255 e. The van der Waals surface area contributed by atoms with Crippen LogP contribution >= 0.6 is 0 Å². The zero-order chi connectivity index (χ0) is 20.5. The molecule has 0 radical (unpaired) electrons. The van der Waals surface area contributed by atoms with Crippen molar-refractivity contribution in [1.29, 1.82) is 0 Å². The van der Waals surface area contributed by atoms with Gasteiger partial charge in [-0.15, -0.1) is 0 Å². The summed E-state index contributed by atoms with van der Waals surface area (Å²) in [6.07, 6.45) is 0.786. The molecule has 0 saturated carbocycles. The normalized spacial score (nSPS) is 13.1. The van der Waals surface area contributed by atoms with Gasteiger partial charge < -0.3 is 24.7 Å². The summed E-state index contributed by atoms with van der Waals surface area (Å²) < 4.78 is 10.5. The molecule has 150 valence electrons. The molecule has 0 spiro atoms. The van der Waals surface area contributed by atoms with Gasteiger partial charge in [0.15, 0.2) is 0 Å². The molecular weight excluding hydrogens is 370 g/mol. The van der Waals surface area contributed by atoms with Crippen LogP contribution in [0, 0.1) is 0 Å². The Morgan fingerprint density at radius 2 is 1.93 bits per heavy atom. The maximum atomic E-state index is 12.9. The molecule has 2 N–H and O–H groups in total. The van der Waals surface area contributed by atoms with Crippen molar-refractivity contribution in [2.75, 3.05) is 26.1 Å². The van der Waals surface area contributed by atoms with Gasteiger partial charge in [-0.1, -0.05) is 0 Å². The van der Waals surface area contributed by atoms with Gasteiger partial charge in [-0.3, -0.25) is 9.59 Å². The molecule has 1 aromatic heterocycles. The predicted molar refractivity (Wildman–Crippen MR) is 111 cm³/mol. The van der Waals surface area contributed by atoms with E-state index in [2.05, 4.69) is 10.3 Å². The van der Waals surface area contributed by atoms with Crippen molar-refractivity contribution >= 4 is 28.4 Å². The van der Waals surface area contributed by atoms with Crippen LogP contribution in [0.3, 0.4) is 0 Å². The summed E-state index contributed by atoms with van der Waals surface area (Å²) in [7, 11) is 3.12. The van der Waals surface area contributed by atoms with Gasteiger partial charge in [-0.2, -0.15) is 0 Å². The van der Waals surface area contributed by atoms with E-state index in [4.69, 9.17) is 9.47 Å². The van der Waals surface area contributed by atoms with E-state index in [-0.39, 0.29) is 11.8 Å². The third-order valence-corrected chi connectivity index (χ3v) is 5.34. The van der Waals surface area contributed by atoms with Crippen LogP contribution in [0.1, 0.15) is 28.5 Å². The van der Waals surface area contributed by atoms with Gasteiger partial charge in [0.05, 0.1) is 19.9 Å². The Morgan fingerprint density at radius 3 is 2.66 bits per heavy atom. The van der Waals surface area contributed by atoms with Crippen LogP contribution in [0.25, 0.3) is 10.9 Å². The molecule has 2 amide bonds. The van der Waals surface area contributed by atoms with E-state index in [1.165, 1.54) is 0 Å². The molecule has 0 fully saturated rings. The van der Waals surface area contributed by atoms with Gasteiger partial charge >= 0.3 is 0 Å². The Morgan fingerprint density at radius 1 is 1.10 bits per heavy atom. The zero-order valence-corrected chi connectivity index (χ0v) is 16.7. The second-order valence-corrected chi connectivity index (χ2v) is 7.05. The first-order chi connectivity index (χ1) is 14.0. The monoisotopic (exact) mass is 393 g/mol. The summed E-state index contributed by atoms with van der Waals surface area (Å²) in [6.45, 7) is 2.85. The van der Waals surface area contributed by atoms with Gasteiger partial charge in [0.1, 0.15) is 11.5 Å². The Labute approximate surface area is 168 Å². The fourth-order valence-electron chi connectivity index (χ4n) is 3.72. The molecule has 3 aromatic rings. The van der Waals surface area contributed by atoms with Crippen LogP contribution in [0.4, 0.5) is 5.69 Å². The van der Waals surface area contributed by atoms with Gasteiger partial charge in [0, 0.05) is 60.2 Å². The number of nitrogens with zero attached hydrogens (tertiary/aromatic N) is 1. The SMILES string of the molecule is COc1ccc(NC(=O)c2ccc3[nH]c4c(c3c2)CN(C(C)=O)CC4)c(OC)c1. The Balaban J connectivity index is 1.64. The van der Waals surface area contributed by atoms with E-state index < -0.39 is 0 Å². The molecule has 1 aliphatic rings. The zero-order valence-electron chi connectivity index (χ0n) is 16.7. The minimum atomic E-state index is -0.232. The number of H-pyrrole nitrogens is 1. The van der Waals surface area contributed by atoms with Crippen molar-refractivity contribution in [3.63, 3.8) is 0 Å². The first-order valence-corrected chi connectivity index (χ1v) is 9.42. The molecule has 4 rings (SSSR count). The molecule has 0 saturated heterocycles. The minimum Gasteiger partial charge on any atom is -0.497 e. The molecule has 0 bridgehead atoms. The van der Waals surface area contributed by atoms with Crippen LogP contribution in [0.15, 0.2) is 36.4 Å². The average molecular weight is 393 g/mol. The van der Waals surface area contributed by atoms with Crippen molar-refractivity contribution < 1.29 is 19.1 Å². The molecule has 0 atom stereocenters. The average Bonchev–Trinajstić information content (AvgIpc) is 3.10. The van der Waals surface area contributed by atoms with Gasteiger partial charge in [-0.25, -0.2) is 0 Å². The number of methoxy groups -OCH3 is 2. The van der Waals surface area contributed by atoms with Gasteiger partial charge in [0.2, 0.25) is 5.91 Å². The summed E-state index contributed by atoms with van der Waals surface area (Å²) in [4.78, 5) is 29.9. The third-order valence-electron chi connectivity index (χ3n) is 5.34. The predicted octanol–water partition coefficient (Wildman–Crippen LogP) is 3.34. The number of hydrogen-bond donors (Lipinski definition) is 2. The van der Waals surface area contributed by atoms with Crippen molar-refractivity contribution in [2.45, 2.75) is 19.9 Å². The highest BCUT2D eigenvalue weighted by Crippen LogP contribution is 2.31. The topological polar surface area (TPSA) is 83.7 Å². The van der Waals surface area contributed by atoms with Crippen molar-refractivity contribution in [1.82, 2.24) is 9.88 Å².